The summed E-state index contributed by atoms with van der Waals surface area (Å²) in [6, 6.07) is 17.8. The maximum atomic E-state index is 4.71. The topological polar surface area (TPSA) is 19.4 Å². The smallest absolute Gasteiger partial charge is 0.128 e. The molecule has 0 saturated carbocycles. The van der Waals surface area contributed by atoms with E-state index in [4.69, 9.17) is 4.98 Å². The van der Waals surface area contributed by atoms with Crippen LogP contribution in [0.25, 0.3) is 0 Å². The van der Waals surface area contributed by atoms with Crippen LogP contribution in [0.2, 0.25) is 0 Å². The second-order valence-electron chi connectivity index (χ2n) is 6.76. The van der Waals surface area contributed by atoms with Gasteiger partial charge < -0.3 is 4.90 Å². The lowest BCUT2D eigenvalue weighted by atomic mass is 9.90. The molecule has 0 bridgehead atoms. The number of hydrogen-bond donors (Lipinski definition) is 0. The van der Waals surface area contributed by atoms with E-state index >= 15 is 0 Å². The van der Waals surface area contributed by atoms with Crippen LogP contribution in [-0.2, 0) is 0 Å². The zero-order chi connectivity index (χ0) is 15.1. The van der Waals surface area contributed by atoms with Crippen LogP contribution in [0, 0.1) is 18.8 Å². The number of benzene rings is 1. The van der Waals surface area contributed by atoms with Crippen molar-refractivity contribution >= 4 is 5.82 Å². The summed E-state index contributed by atoms with van der Waals surface area (Å²) in [5.74, 6) is 2.59. The minimum absolute atomic E-state index is 0.543. The molecule has 4 rings (SSSR count). The van der Waals surface area contributed by atoms with E-state index in [0.29, 0.717) is 12.0 Å². The first-order valence-electron chi connectivity index (χ1n) is 8.16. The number of anilines is 1. The van der Waals surface area contributed by atoms with E-state index in [9.17, 15) is 0 Å². The first kappa shape index (κ1) is 13.8. The van der Waals surface area contributed by atoms with Gasteiger partial charge in [-0.05, 0) is 37.6 Å². The number of pyridine rings is 1. The molecule has 0 radical (unpaired) electrons. The molecule has 1 aromatic carbocycles. The molecule has 22 heavy (non-hydrogen) atoms. The number of aromatic nitrogens is 1. The van der Waals surface area contributed by atoms with Crippen molar-refractivity contribution < 1.29 is 0 Å². The minimum Gasteiger partial charge on any atom is -0.356 e. The number of nitrogens with zero attached hydrogens (tertiary/aromatic N) is 3. The highest BCUT2D eigenvalue weighted by Gasteiger charge is 2.46. The number of hydrogen-bond acceptors (Lipinski definition) is 3. The average Bonchev–Trinajstić information content (AvgIpc) is 3.04. The van der Waals surface area contributed by atoms with Crippen LogP contribution in [-0.4, -0.2) is 36.6 Å². The molecule has 2 fully saturated rings. The Hall–Kier alpha value is -1.87. The van der Waals surface area contributed by atoms with Gasteiger partial charge in [0.05, 0.1) is 0 Å². The Balaban J connectivity index is 1.59. The van der Waals surface area contributed by atoms with E-state index in [1.54, 1.807) is 0 Å². The summed E-state index contributed by atoms with van der Waals surface area (Å²) in [6.45, 7) is 5.51. The zero-order valence-corrected chi connectivity index (χ0v) is 13.3. The monoisotopic (exact) mass is 293 g/mol. The highest BCUT2D eigenvalue weighted by molar-refractivity contribution is 5.42. The summed E-state index contributed by atoms with van der Waals surface area (Å²) < 4.78 is 0. The molecule has 114 valence electrons. The Labute approximate surface area is 132 Å². The average molecular weight is 293 g/mol. The van der Waals surface area contributed by atoms with Crippen LogP contribution < -0.4 is 4.90 Å². The molecule has 3 heterocycles. The molecule has 2 aliphatic heterocycles. The van der Waals surface area contributed by atoms with Gasteiger partial charge in [0.2, 0.25) is 0 Å². The Morgan fingerprint density at radius 3 is 2.55 bits per heavy atom. The third kappa shape index (κ3) is 2.30. The van der Waals surface area contributed by atoms with Gasteiger partial charge in [0.25, 0.3) is 0 Å². The SMILES string of the molecule is Cc1cccc(N2C[C@@H]3CN(C)[C@@H](c4ccccc4)[C@@H]3C2)n1. The highest BCUT2D eigenvalue weighted by Crippen LogP contribution is 2.44. The minimum atomic E-state index is 0.543. The van der Waals surface area contributed by atoms with Crippen LogP contribution in [0.3, 0.4) is 0 Å². The van der Waals surface area contributed by atoms with Crippen LogP contribution >= 0.6 is 0 Å². The fraction of sp³-hybridized carbons (Fsp3) is 0.421. The van der Waals surface area contributed by atoms with Crippen molar-refractivity contribution in [2.45, 2.75) is 13.0 Å². The van der Waals surface area contributed by atoms with E-state index < -0.39 is 0 Å². The van der Waals surface area contributed by atoms with Gasteiger partial charge >= 0.3 is 0 Å². The van der Waals surface area contributed by atoms with Crippen molar-refractivity contribution in [2.75, 3.05) is 31.6 Å². The van der Waals surface area contributed by atoms with E-state index in [1.807, 2.05) is 0 Å². The fourth-order valence-corrected chi connectivity index (χ4v) is 4.30. The molecule has 3 nitrogen and oxygen atoms in total. The van der Waals surface area contributed by atoms with Gasteiger partial charge in [-0.2, -0.15) is 0 Å². The summed E-state index contributed by atoms with van der Waals surface area (Å²) in [5, 5.41) is 0. The first-order chi connectivity index (χ1) is 10.7. The molecular formula is C19H23N3. The molecule has 1 aromatic heterocycles. The summed E-state index contributed by atoms with van der Waals surface area (Å²) >= 11 is 0. The summed E-state index contributed by atoms with van der Waals surface area (Å²) in [5.41, 5.74) is 2.56. The van der Waals surface area contributed by atoms with Crippen LogP contribution in [0.4, 0.5) is 5.82 Å². The van der Waals surface area contributed by atoms with Gasteiger partial charge in [-0.25, -0.2) is 4.98 Å². The van der Waals surface area contributed by atoms with Gasteiger partial charge in [-0.15, -0.1) is 0 Å². The zero-order valence-electron chi connectivity index (χ0n) is 13.3. The quantitative estimate of drug-likeness (QED) is 0.848. The summed E-state index contributed by atoms with van der Waals surface area (Å²) in [4.78, 5) is 9.72. The lowest BCUT2D eigenvalue weighted by Crippen LogP contribution is -2.29. The third-order valence-electron chi connectivity index (χ3n) is 5.23. The van der Waals surface area contributed by atoms with Gasteiger partial charge in [0.15, 0.2) is 0 Å². The maximum Gasteiger partial charge on any atom is 0.128 e. The molecule has 2 saturated heterocycles. The van der Waals surface area contributed by atoms with Gasteiger partial charge in [-0.3, -0.25) is 4.90 Å². The largest absolute Gasteiger partial charge is 0.356 e. The number of likely N-dealkylation sites (tertiary alicyclic amines) is 1. The van der Waals surface area contributed by atoms with Crippen LogP contribution in [0.5, 0.6) is 0 Å². The molecule has 0 spiro atoms. The molecule has 3 atom stereocenters. The molecule has 2 aromatic rings. The summed E-state index contributed by atoms with van der Waals surface area (Å²) in [7, 11) is 2.27. The first-order valence-corrected chi connectivity index (χ1v) is 8.16. The van der Waals surface area contributed by atoms with Crippen molar-refractivity contribution in [1.82, 2.24) is 9.88 Å². The van der Waals surface area contributed by atoms with Crippen molar-refractivity contribution in [2.24, 2.45) is 11.8 Å². The Kier molecular flexibility index (Phi) is 3.38. The van der Waals surface area contributed by atoms with E-state index in [1.165, 1.54) is 12.1 Å². The molecule has 2 aliphatic rings. The second kappa shape index (κ2) is 5.40. The van der Waals surface area contributed by atoms with Crippen molar-refractivity contribution in [3.05, 3.63) is 59.8 Å². The molecule has 3 heteroatoms. The fourth-order valence-electron chi connectivity index (χ4n) is 4.30. The Morgan fingerprint density at radius 2 is 1.77 bits per heavy atom. The predicted molar refractivity (Wildman–Crippen MR) is 90.0 cm³/mol. The van der Waals surface area contributed by atoms with Gasteiger partial charge in [-0.1, -0.05) is 36.4 Å². The van der Waals surface area contributed by atoms with Gasteiger partial charge in [0, 0.05) is 37.3 Å². The lowest BCUT2D eigenvalue weighted by molar-refractivity contribution is 0.280. The van der Waals surface area contributed by atoms with E-state index in [0.717, 1.165) is 30.5 Å². The number of rotatable bonds is 2. The van der Waals surface area contributed by atoms with Crippen LogP contribution in [0.15, 0.2) is 48.5 Å². The third-order valence-corrected chi connectivity index (χ3v) is 5.23. The molecule has 0 aliphatic carbocycles. The molecular weight excluding hydrogens is 270 g/mol. The van der Waals surface area contributed by atoms with Crippen molar-refractivity contribution in [1.29, 1.82) is 0 Å². The van der Waals surface area contributed by atoms with Crippen molar-refractivity contribution in [3.8, 4) is 0 Å². The lowest BCUT2D eigenvalue weighted by Gasteiger charge is -2.27. The van der Waals surface area contributed by atoms with Gasteiger partial charge in [0.1, 0.15) is 5.82 Å². The predicted octanol–water partition coefficient (Wildman–Crippen LogP) is 3.13. The standard InChI is InChI=1S/C19H23N3/c1-14-7-6-10-18(20-14)22-12-16-11-21(2)19(17(16)13-22)15-8-4-3-5-9-15/h3-10,16-17,19H,11-13H2,1-2H3/t16-,17+,19-/m0/s1. The van der Waals surface area contributed by atoms with Crippen LogP contribution in [0.1, 0.15) is 17.3 Å². The Bertz CT molecular complexity index is 655. The number of aryl methyl sites for hydroxylation is 1. The van der Waals surface area contributed by atoms with E-state index in [2.05, 4.69) is 72.3 Å². The molecule has 0 amide bonds. The maximum absolute atomic E-state index is 4.71. The molecule has 0 unspecified atom stereocenters. The second-order valence-corrected chi connectivity index (χ2v) is 6.76. The Morgan fingerprint density at radius 1 is 0.955 bits per heavy atom. The molecule has 0 N–H and O–H groups in total. The number of fused-ring (bicyclic) bond motifs is 1. The normalized spacial score (nSPS) is 28.1. The highest BCUT2D eigenvalue weighted by atomic mass is 15.3. The summed E-state index contributed by atoms with van der Waals surface area (Å²) in [6.07, 6.45) is 0. The van der Waals surface area contributed by atoms with Crippen molar-refractivity contribution in [3.63, 3.8) is 0 Å². The van der Waals surface area contributed by atoms with E-state index in [-0.39, 0.29) is 0 Å².